The third kappa shape index (κ3) is 4.49. The number of hydrogen-bond donors (Lipinski definition) is 2. The second-order valence-electron chi connectivity index (χ2n) is 6.78. The van der Waals surface area contributed by atoms with E-state index in [4.69, 9.17) is 0 Å². The van der Waals surface area contributed by atoms with E-state index in [-0.39, 0.29) is 17.7 Å². The zero-order chi connectivity index (χ0) is 19.6. The van der Waals surface area contributed by atoms with Crippen molar-refractivity contribution in [2.75, 3.05) is 10.6 Å². The van der Waals surface area contributed by atoms with Crippen LogP contribution in [0.1, 0.15) is 49.7 Å². The van der Waals surface area contributed by atoms with Crippen molar-refractivity contribution in [2.24, 2.45) is 5.92 Å². The summed E-state index contributed by atoms with van der Waals surface area (Å²) >= 11 is 1.41. The van der Waals surface area contributed by atoms with Crippen molar-refractivity contribution < 1.29 is 9.59 Å². The van der Waals surface area contributed by atoms with Gasteiger partial charge in [-0.25, -0.2) is 9.97 Å². The minimum atomic E-state index is -0.287. The Morgan fingerprint density at radius 2 is 2.00 bits per heavy atom. The molecule has 6 nitrogen and oxygen atoms in total. The second kappa shape index (κ2) is 7.84. The molecule has 1 aliphatic carbocycles. The highest BCUT2D eigenvalue weighted by Crippen LogP contribution is 2.38. The molecule has 0 aromatic carbocycles. The van der Waals surface area contributed by atoms with Crippen molar-refractivity contribution in [1.29, 1.82) is 0 Å². The topological polar surface area (TPSA) is 84.0 Å². The largest absolute Gasteiger partial charge is 0.311 e. The Balaban J connectivity index is 1.74. The maximum Gasteiger partial charge on any atom is 0.257 e. The summed E-state index contributed by atoms with van der Waals surface area (Å²) in [6.07, 6.45) is 5.92. The quantitative estimate of drug-likeness (QED) is 0.822. The number of hydrogen-bond acceptors (Lipinski definition) is 5. The van der Waals surface area contributed by atoms with Crippen molar-refractivity contribution in [1.82, 2.24) is 9.97 Å². The van der Waals surface area contributed by atoms with Crippen molar-refractivity contribution in [2.45, 2.75) is 33.6 Å². The lowest BCUT2D eigenvalue weighted by atomic mass is 9.80. The molecule has 2 aromatic heterocycles. The zero-order valence-electron chi connectivity index (χ0n) is 15.7. The van der Waals surface area contributed by atoms with Crippen LogP contribution in [0.2, 0.25) is 0 Å². The average molecular weight is 382 g/mol. The van der Waals surface area contributed by atoms with E-state index in [1.807, 2.05) is 5.38 Å². The summed E-state index contributed by atoms with van der Waals surface area (Å²) in [5.74, 6) is 0.404. The van der Waals surface area contributed by atoms with Crippen LogP contribution in [-0.2, 0) is 4.79 Å². The van der Waals surface area contributed by atoms with E-state index in [0.29, 0.717) is 22.4 Å². The van der Waals surface area contributed by atoms with Gasteiger partial charge in [0.1, 0.15) is 5.82 Å². The van der Waals surface area contributed by atoms with Crippen LogP contribution in [0.4, 0.5) is 10.9 Å². The molecule has 2 N–H and O–H groups in total. The number of pyridine rings is 1. The maximum atomic E-state index is 12.5. The van der Waals surface area contributed by atoms with E-state index in [0.717, 1.165) is 5.69 Å². The molecule has 0 saturated carbocycles. The Labute approximate surface area is 162 Å². The van der Waals surface area contributed by atoms with Gasteiger partial charge in [0.05, 0.1) is 5.69 Å². The Kier molecular flexibility index (Phi) is 5.51. The van der Waals surface area contributed by atoms with Gasteiger partial charge in [0.25, 0.3) is 5.91 Å². The minimum Gasteiger partial charge on any atom is -0.311 e. The molecule has 0 radical (unpaired) electrons. The summed E-state index contributed by atoms with van der Waals surface area (Å²) < 4.78 is 0. The number of allylic oxidation sites excluding steroid dienone is 4. The fraction of sp³-hybridized carbons (Fsp3) is 0.300. The lowest BCUT2D eigenvalue weighted by Crippen LogP contribution is -2.15. The Morgan fingerprint density at radius 3 is 2.70 bits per heavy atom. The molecule has 1 aliphatic rings. The summed E-state index contributed by atoms with van der Waals surface area (Å²) in [6, 6.07) is 3.13. The first-order chi connectivity index (χ1) is 12.8. The molecule has 2 unspecified atom stereocenters. The molecule has 0 spiro atoms. The fourth-order valence-electron chi connectivity index (χ4n) is 3.40. The number of nitrogens with zero attached hydrogens (tertiary/aromatic N) is 2. The first-order valence-electron chi connectivity index (χ1n) is 8.70. The van der Waals surface area contributed by atoms with E-state index < -0.39 is 0 Å². The molecule has 2 aromatic rings. The molecule has 2 amide bonds. The first kappa shape index (κ1) is 19.0. The van der Waals surface area contributed by atoms with Gasteiger partial charge < -0.3 is 5.32 Å². The molecule has 27 heavy (non-hydrogen) atoms. The molecule has 140 valence electrons. The second-order valence-corrected chi connectivity index (χ2v) is 7.64. The van der Waals surface area contributed by atoms with Gasteiger partial charge in [-0.15, -0.1) is 11.3 Å². The van der Waals surface area contributed by atoms with Gasteiger partial charge >= 0.3 is 0 Å². The van der Waals surface area contributed by atoms with E-state index in [1.165, 1.54) is 41.7 Å². The molecular weight excluding hydrogens is 360 g/mol. The van der Waals surface area contributed by atoms with Crippen molar-refractivity contribution >= 4 is 34.1 Å². The van der Waals surface area contributed by atoms with Gasteiger partial charge in [-0.1, -0.05) is 30.2 Å². The fourth-order valence-corrected chi connectivity index (χ4v) is 4.14. The maximum absolute atomic E-state index is 12.5. The number of carbonyl (C=O) groups is 2. The van der Waals surface area contributed by atoms with Crippen LogP contribution in [-0.4, -0.2) is 21.8 Å². The standard InChI is InChI=1S/C20H22N4O2S/c1-11-7-12(2)18(13(3)8-11)16-10-27-20(23-16)24-19(26)15-5-6-21-17(9-15)22-14(4)25/h5-10,12,18H,1-4H3,(H,21,22,25)(H,23,24,26). The summed E-state index contributed by atoms with van der Waals surface area (Å²) in [4.78, 5) is 32.3. The average Bonchev–Trinajstić information content (AvgIpc) is 3.01. The van der Waals surface area contributed by atoms with Gasteiger partial charge in [0.2, 0.25) is 5.91 Å². The molecule has 0 saturated heterocycles. The lowest BCUT2D eigenvalue weighted by molar-refractivity contribution is -0.114. The summed E-state index contributed by atoms with van der Waals surface area (Å²) in [5.41, 5.74) is 3.92. The monoisotopic (exact) mass is 382 g/mol. The predicted molar refractivity (Wildman–Crippen MR) is 108 cm³/mol. The van der Waals surface area contributed by atoms with Crippen LogP contribution < -0.4 is 10.6 Å². The zero-order valence-corrected chi connectivity index (χ0v) is 16.6. The smallest absolute Gasteiger partial charge is 0.257 e. The number of anilines is 2. The van der Waals surface area contributed by atoms with Gasteiger partial charge in [0, 0.05) is 30.0 Å². The van der Waals surface area contributed by atoms with Gasteiger partial charge in [-0.3, -0.25) is 14.9 Å². The van der Waals surface area contributed by atoms with E-state index in [2.05, 4.69) is 53.5 Å². The number of amides is 2. The molecule has 0 bridgehead atoms. The van der Waals surface area contributed by atoms with Crippen LogP contribution in [0.15, 0.2) is 47.0 Å². The molecular formula is C20H22N4O2S. The molecule has 2 heterocycles. The highest BCUT2D eigenvalue weighted by Gasteiger charge is 2.25. The van der Waals surface area contributed by atoms with E-state index >= 15 is 0 Å². The predicted octanol–water partition coefficient (Wildman–Crippen LogP) is 4.37. The third-order valence-electron chi connectivity index (χ3n) is 4.38. The highest BCUT2D eigenvalue weighted by atomic mass is 32.1. The van der Waals surface area contributed by atoms with Crippen LogP contribution in [0.25, 0.3) is 0 Å². The van der Waals surface area contributed by atoms with Crippen LogP contribution in [0, 0.1) is 5.92 Å². The minimum absolute atomic E-state index is 0.225. The van der Waals surface area contributed by atoms with Crippen LogP contribution in [0.3, 0.4) is 0 Å². The lowest BCUT2D eigenvalue weighted by Gasteiger charge is -2.25. The summed E-state index contributed by atoms with van der Waals surface area (Å²) in [7, 11) is 0. The normalized spacial score (nSPS) is 19.1. The molecule has 0 aliphatic heterocycles. The highest BCUT2D eigenvalue weighted by molar-refractivity contribution is 7.14. The van der Waals surface area contributed by atoms with Crippen molar-refractivity contribution in [3.8, 4) is 0 Å². The van der Waals surface area contributed by atoms with Crippen molar-refractivity contribution in [3.05, 3.63) is 58.3 Å². The number of thiazole rings is 1. The Hall–Kier alpha value is -2.80. The summed E-state index contributed by atoms with van der Waals surface area (Å²) in [6.45, 7) is 7.80. The van der Waals surface area contributed by atoms with E-state index in [1.54, 1.807) is 6.07 Å². The SMILES string of the molecule is CC(=O)Nc1cc(C(=O)Nc2nc(C3C(C)=CC(C)=CC3C)cs2)ccn1. The van der Waals surface area contributed by atoms with Crippen molar-refractivity contribution in [3.63, 3.8) is 0 Å². The van der Waals surface area contributed by atoms with E-state index in [9.17, 15) is 9.59 Å². The Morgan fingerprint density at radius 1 is 1.22 bits per heavy atom. The van der Waals surface area contributed by atoms with Gasteiger partial charge in [-0.2, -0.15) is 0 Å². The van der Waals surface area contributed by atoms with Crippen LogP contribution >= 0.6 is 11.3 Å². The number of rotatable bonds is 4. The van der Waals surface area contributed by atoms with Gasteiger partial charge in [-0.05, 0) is 31.9 Å². The Bertz CT molecular complexity index is 945. The molecule has 3 rings (SSSR count). The first-order valence-corrected chi connectivity index (χ1v) is 9.58. The number of carbonyl (C=O) groups excluding carboxylic acids is 2. The number of aromatic nitrogens is 2. The summed E-state index contributed by atoms with van der Waals surface area (Å²) in [5, 5.41) is 7.95. The molecule has 0 fully saturated rings. The molecule has 2 atom stereocenters. The molecule has 7 heteroatoms. The van der Waals surface area contributed by atoms with Crippen LogP contribution in [0.5, 0.6) is 0 Å². The number of nitrogens with one attached hydrogen (secondary N) is 2. The van der Waals surface area contributed by atoms with Gasteiger partial charge in [0.15, 0.2) is 5.13 Å². The third-order valence-corrected chi connectivity index (χ3v) is 5.16.